The standard InChI is InChI=1S/C16H13NO/c18-17-16-11-14-7-2-1-5-12(14)9-10-13-6-3-4-8-15(13)16/h1-11,15-16H. The van der Waals surface area contributed by atoms with Crippen LogP contribution in [-0.4, -0.2) is 6.04 Å². The van der Waals surface area contributed by atoms with Gasteiger partial charge in [-0.15, -0.1) is 0 Å². The van der Waals surface area contributed by atoms with Crippen molar-refractivity contribution in [2.75, 3.05) is 0 Å². The normalized spacial score (nSPS) is 24.6. The van der Waals surface area contributed by atoms with Crippen LogP contribution in [0.15, 0.2) is 65.4 Å². The summed E-state index contributed by atoms with van der Waals surface area (Å²) in [5.74, 6) is 0.0529. The van der Waals surface area contributed by atoms with E-state index in [1.54, 1.807) is 0 Å². The van der Waals surface area contributed by atoms with Crippen LogP contribution in [0.4, 0.5) is 0 Å². The number of nitrogens with zero attached hydrogens (tertiary/aromatic N) is 1. The summed E-state index contributed by atoms with van der Waals surface area (Å²) in [7, 11) is 0. The first-order valence-electron chi connectivity index (χ1n) is 6.04. The van der Waals surface area contributed by atoms with Crippen molar-refractivity contribution in [3.63, 3.8) is 0 Å². The maximum Gasteiger partial charge on any atom is 0.121 e. The second-order valence-corrected chi connectivity index (χ2v) is 4.49. The van der Waals surface area contributed by atoms with E-state index in [4.69, 9.17) is 0 Å². The molecule has 2 heteroatoms. The van der Waals surface area contributed by atoms with Gasteiger partial charge in [-0.2, -0.15) is 4.91 Å². The second kappa shape index (κ2) is 4.57. The Kier molecular flexibility index (Phi) is 2.77. The Hall–Kier alpha value is -2.22. The molecule has 1 aromatic rings. The predicted molar refractivity (Wildman–Crippen MR) is 74.1 cm³/mol. The molecule has 0 bridgehead atoms. The number of rotatable bonds is 1. The van der Waals surface area contributed by atoms with Crippen molar-refractivity contribution >= 4 is 12.2 Å². The van der Waals surface area contributed by atoms with Crippen molar-refractivity contribution in [1.82, 2.24) is 0 Å². The largest absolute Gasteiger partial charge is 0.150 e. The van der Waals surface area contributed by atoms with E-state index in [9.17, 15) is 4.91 Å². The van der Waals surface area contributed by atoms with Gasteiger partial charge in [-0.1, -0.05) is 65.9 Å². The van der Waals surface area contributed by atoms with Crippen LogP contribution in [0.1, 0.15) is 0 Å². The molecule has 3 rings (SSSR count). The highest BCUT2D eigenvalue weighted by Gasteiger charge is 2.22. The van der Waals surface area contributed by atoms with Crippen LogP contribution in [0, 0.1) is 10.8 Å². The average molecular weight is 235 g/mol. The van der Waals surface area contributed by atoms with Crippen LogP contribution in [0.2, 0.25) is 0 Å². The molecule has 0 N–H and O–H groups in total. The van der Waals surface area contributed by atoms with E-state index < -0.39 is 0 Å². The van der Waals surface area contributed by atoms with Crippen molar-refractivity contribution in [1.29, 1.82) is 0 Å². The third-order valence-electron chi connectivity index (χ3n) is 3.39. The highest BCUT2D eigenvalue weighted by molar-refractivity contribution is 5.52. The maximum atomic E-state index is 11.1. The zero-order chi connectivity index (χ0) is 12.4. The minimum Gasteiger partial charge on any atom is -0.150 e. The van der Waals surface area contributed by atoms with Crippen LogP contribution in [0.25, 0.3) is 12.2 Å². The molecule has 0 amide bonds. The van der Waals surface area contributed by atoms with Gasteiger partial charge in [0, 0.05) is 5.92 Å². The Labute approximate surface area is 105 Å². The number of allylic oxidation sites excluding steroid dienone is 4. The highest BCUT2D eigenvalue weighted by Crippen LogP contribution is 2.25. The lowest BCUT2D eigenvalue weighted by molar-refractivity contribution is 0.688. The molecule has 18 heavy (non-hydrogen) atoms. The Morgan fingerprint density at radius 3 is 2.67 bits per heavy atom. The van der Waals surface area contributed by atoms with E-state index in [1.807, 2.05) is 54.6 Å². The number of hydrogen-bond acceptors (Lipinski definition) is 2. The summed E-state index contributed by atoms with van der Waals surface area (Å²) in [5.41, 5.74) is 1.13. The van der Waals surface area contributed by atoms with Crippen LogP contribution < -0.4 is 10.4 Å². The predicted octanol–water partition coefficient (Wildman–Crippen LogP) is 2.06. The Morgan fingerprint density at radius 1 is 1.00 bits per heavy atom. The fraction of sp³-hybridized carbons (Fsp3) is 0.125. The molecule has 0 saturated heterocycles. The first-order chi connectivity index (χ1) is 8.88. The highest BCUT2D eigenvalue weighted by atomic mass is 16.3. The topological polar surface area (TPSA) is 29.4 Å². The quantitative estimate of drug-likeness (QED) is 0.685. The lowest BCUT2D eigenvalue weighted by Gasteiger charge is -2.20. The van der Waals surface area contributed by atoms with Gasteiger partial charge in [-0.25, -0.2) is 0 Å². The van der Waals surface area contributed by atoms with Gasteiger partial charge < -0.3 is 0 Å². The van der Waals surface area contributed by atoms with E-state index in [0.717, 1.165) is 16.0 Å². The molecule has 2 nitrogen and oxygen atoms in total. The molecular formula is C16H13NO. The average Bonchev–Trinajstić information content (AvgIpc) is 2.41. The molecule has 0 fully saturated rings. The van der Waals surface area contributed by atoms with E-state index >= 15 is 0 Å². The molecule has 1 aromatic carbocycles. The summed E-state index contributed by atoms with van der Waals surface area (Å²) >= 11 is 0. The molecule has 0 aliphatic heterocycles. The molecule has 88 valence electrons. The fourth-order valence-electron chi connectivity index (χ4n) is 2.43. The first-order valence-corrected chi connectivity index (χ1v) is 6.04. The van der Waals surface area contributed by atoms with Crippen molar-refractivity contribution < 1.29 is 0 Å². The Bertz CT molecular complexity index is 679. The van der Waals surface area contributed by atoms with Gasteiger partial charge in [0.25, 0.3) is 0 Å². The fourth-order valence-corrected chi connectivity index (χ4v) is 2.43. The number of fused-ring (bicyclic) bond motifs is 2. The zero-order valence-electron chi connectivity index (χ0n) is 9.86. The molecular weight excluding hydrogens is 222 g/mol. The van der Waals surface area contributed by atoms with Crippen LogP contribution in [-0.2, 0) is 0 Å². The van der Waals surface area contributed by atoms with Gasteiger partial charge in [-0.3, -0.25) is 0 Å². The summed E-state index contributed by atoms with van der Waals surface area (Å²) in [6.07, 6.45) is 14.2. The number of benzene rings is 1. The van der Waals surface area contributed by atoms with Crippen LogP contribution >= 0.6 is 0 Å². The maximum absolute atomic E-state index is 11.1. The molecule has 2 aliphatic rings. The van der Waals surface area contributed by atoms with Gasteiger partial charge in [0.1, 0.15) is 6.04 Å². The minimum absolute atomic E-state index is 0.0529. The molecule has 0 radical (unpaired) electrons. The van der Waals surface area contributed by atoms with E-state index in [-0.39, 0.29) is 12.0 Å². The smallest absolute Gasteiger partial charge is 0.121 e. The molecule has 2 atom stereocenters. The SMILES string of the molecule is O=NC1C=c2ccccc2=CC=C2C=CC=CC21. The third-order valence-corrected chi connectivity index (χ3v) is 3.39. The Balaban J connectivity index is 2.27. The molecule has 0 heterocycles. The van der Waals surface area contributed by atoms with Gasteiger partial charge in [-0.05, 0) is 22.1 Å². The summed E-state index contributed by atoms with van der Waals surface area (Å²) in [4.78, 5) is 11.1. The molecule has 2 aliphatic carbocycles. The molecule has 0 spiro atoms. The lowest BCUT2D eigenvalue weighted by atomic mass is 9.86. The van der Waals surface area contributed by atoms with E-state index in [0.29, 0.717) is 0 Å². The second-order valence-electron chi connectivity index (χ2n) is 4.49. The monoisotopic (exact) mass is 235 g/mol. The van der Waals surface area contributed by atoms with Gasteiger partial charge in [0.15, 0.2) is 0 Å². The van der Waals surface area contributed by atoms with Crippen LogP contribution in [0.3, 0.4) is 0 Å². The van der Waals surface area contributed by atoms with Crippen molar-refractivity contribution in [2.24, 2.45) is 11.1 Å². The Morgan fingerprint density at radius 2 is 1.83 bits per heavy atom. The summed E-state index contributed by atoms with van der Waals surface area (Å²) < 4.78 is 0. The van der Waals surface area contributed by atoms with E-state index in [2.05, 4.69) is 17.3 Å². The van der Waals surface area contributed by atoms with Crippen molar-refractivity contribution in [3.8, 4) is 0 Å². The first kappa shape index (κ1) is 10.9. The number of hydrogen-bond donors (Lipinski definition) is 0. The van der Waals surface area contributed by atoms with E-state index in [1.165, 1.54) is 0 Å². The lowest BCUT2D eigenvalue weighted by Crippen LogP contribution is -2.29. The zero-order valence-corrected chi connectivity index (χ0v) is 9.86. The van der Waals surface area contributed by atoms with Gasteiger partial charge in [0.05, 0.1) is 0 Å². The summed E-state index contributed by atoms with van der Waals surface area (Å²) in [6, 6.07) is 7.71. The van der Waals surface area contributed by atoms with Crippen molar-refractivity contribution in [3.05, 3.63) is 75.6 Å². The molecule has 0 aromatic heterocycles. The minimum atomic E-state index is -0.340. The van der Waals surface area contributed by atoms with Gasteiger partial charge >= 0.3 is 0 Å². The molecule has 0 saturated carbocycles. The summed E-state index contributed by atoms with van der Waals surface area (Å²) in [6.45, 7) is 0. The van der Waals surface area contributed by atoms with Crippen LogP contribution in [0.5, 0.6) is 0 Å². The number of nitroso groups, excluding NO2 is 1. The molecule has 2 unspecified atom stereocenters. The van der Waals surface area contributed by atoms with Gasteiger partial charge in [0.2, 0.25) is 0 Å². The third kappa shape index (κ3) is 1.86. The summed E-state index contributed by atoms with van der Waals surface area (Å²) in [5, 5.41) is 5.48. The van der Waals surface area contributed by atoms with Crippen molar-refractivity contribution in [2.45, 2.75) is 6.04 Å².